The molecule has 2 heterocycles. The van der Waals surface area contributed by atoms with Crippen molar-refractivity contribution in [3.63, 3.8) is 0 Å². The molecule has 0 radical (unpaired) electrons. The maximum Gasteiger partial charge on any atom is 0.341 e. The smallest absolute Gasteiger partial charge is 0.341 e. The van der Waals surface area contributed by atoms with Crippen LogP contribution in [0.3, 0.4) is 0 Å². The molecule has 0 bridgehead atoms. The molecule has 3 aromatic rings. The number of fused-ring (bicyclic) bond motifs is 1. The fourth-order valence-electron chi connectivity index (χ4n) is 3.67. The number of carbonyl (C=O) groups excluding carboxylic acids is 2. The van der Waals surface area contributed by atoms with Gasteiger partial charge in [0, 0.05) is 17.9 Å². The number of ether oxygens (including phenoxy) is 1. The van der Waals surface area contributed by atoms with Gasteiger partial charge in [-0.25, -0.2) is 4.79 Å². The van der Waals surface area contributed by atoms with Gasteiger partial charge in [0.2, 0.25) is 0 Å². The first-order chi connectivity index (χ1) is 14.6. The summed E-state index contributed by atoms with van der Waals surface area (Å²) in [6.45, 7) is 2.69. The van der Waals surface area contributed by atoms with Crippen molar-refractivity contribution in [2.75, 3.05) is 16.8 Å². The summed E-state index contributed by atoms with van der Waals surface area (Å²) in [5.74, 6) is 0.00527. The molecular formula is C24H24N2O4. The van der Waals surface area contributed by atoms with Gasteiger partial charge in [0.05, 0.1) is 18.4 Å². The van der Waals surface area contributed by atoms with Crippen LogP contribution in [0.15, 0.2) is 71.3 Å². The molecule has 0 saturated carbocycles. The summed E-state index contributed by atoms with van der Waals surface area (Å²) < 4.78 is 10.9. The van der Waals surface area contributed by atoms with Crippen molar-refractivity contribution in [1.29, 1.82) is 0 Å². The number of benzene rings is 2. The van der Waals surface area contributed by atoms with Gasteiger partial charge < -0.3 is 19.4 Å². The van der Waals surface area contributed by atoms with Gasteiger partial charge in [-0.2, -0.15) is 0 Å². The van der Waals surface area contributed by atoms with Crippen molar-refractivity contribution < 1.29 is 18.7 Å². The van der Waals surface area contributed by atoms with Gasteiger partial charge >= 0.3 is 5.97 Å². The zero-order valence-electron chi connectivity index (χ0n) is 16.8. The van der Waals surface area contributed by atoms with E-state index in [1.807, 2.05) is 42.5 Å². The zero-order chi connectivity index (χ0) is 20.9. The zero-order valence-corrected chi connectivity index (χ0v) is 16.8. The highest BCUT2D eigenvalue weighted by Gasteiger charge is 2.29. The number of para-hydroxylation sites is 2. The molecule has 0 aliphatic carbocycles. The van der Waals surface area contributed by atoms with E-state index < -0.39 is 12.1 Å². The second kappa shape index (κ2) is 8.86. The summed E-state index contributed by atoms with van der Waals surface area (Å²) in [7, 11) is 0. The topological polar surface area (TPSA) is 71.8 Å². The summed E-state index contributed by atoms with van der Waals surface area (Å²) in [5, 5.41) is 3.19. The quantitative estimate of drug-likeness (QED) is 0.616. The SMILES string of the molecule is CC(OC(=O)c1ccccc1NCc1ccco1)C(=O)N1CCCc2ccccc21. The van der Waals surface area contributed by atoms with Crippen LogP contribution in [0.2, 0.25) is 0 Å². The summed E-state index contributed by atoms with van der Waals surface area (Å²) >= 11 is 0. The van der Waals surface area contributed by atoms with Crippen molar-refractivity contribution in [3.8, 4) is 0 Å². The lowest BCUT2D eigenvalue weighted by atomic mass is 10.0. The first-order valence-electron chi connectivity index (χ1n) is 10.1. The normalized spacial score (nSPS) is 14.0. The number of aryl methyl sites for hydroxylation is 1. The van der Waals surface area contributed by atoms with E-state index in [9.17, 15) is 9.59 Å². The van der Waals surface area contributed by atoms with Crippen LogP contribution in [0.5, 0.6) is 0 Å². The molecule has 1 atom stereocenters. The van der Waals surface area contributed by atoms with Gasteiger partial charge in [-0.3, -0.25) is 4.79 Å². The number of esters is 1. The Morgan fingerprint density at radius 2 is 1.90 bits per heavy atom. The third-order valence-electron chi connectivity index (χ3n) is 5.19. The van der Waals surface area contributed by atoms with E-state index in [4.69, 9.17) is 9.15 Å². The number of nitrogens with zero attached hydrogens (tertiary/aromatic N) is 1. The second-order valence-corrected chi connectivity index (χ2v) is 7.25. The van der Waals surface area contributed by atoms with Crippen molar-refractivity contribution >= 4 is 23.3 Å². The number of carbonyl (C=O) groups is 2. The first-order valence-corrected chi connectivity index (χ1v) is 10.1. The largest absolute Gasteiger partial charge is 0.467 e. The number of furan rings is 1. The van der Waals surface area contributed by atoms with E-state index in [0.717, 1.165) is 29.9 Å². The molecule has 4 rings (SSSR count). The van der Waals surface area contributed by atoms with E-state index in [1.54, 1.807) is 36.3 Å². The summed E-state index contributed by atoms with van der Waals surface area (Å²) in [4.78, 5) is 27.5. The fourth-order valence-corrected chi connectivity index (χ4v) is 3.67. The molecule has 1 aliphatic rings. The number of amides is 1. The molecule has 6 heteroatoms. The molecule has 6 nitrogen and oxygen atoms in total. The highest BCUT2D eigenvalue weighted by Crippen LogP contribution is 2.28. The highest BCUT2D eigenvalue weighted by molar-refractivity contribution is 6.01. The molecule has 1 amide bonds. The predicted octanol–water partition coefficient (Wildman–Crippen LogP) is 4.42. The van der Waals surface area contributed by atoms with Gasteiger partial charge in [0.15, 0.2) is 6.10 Å². The van der Waals surface area contributed by atoms with Crippen LogP contribution in [0, 0.1) is 0 Å². The molecule has 1 aromatic heterocycles. The molecular weight excluding hydrogens is 380 g/mol. The summed E-state index contributed by atoms with van der Waals surface area (Å²) in [6.07, 6.45) is 2.55. The van der Waals surface area contributed by atoms with Crippen molar-refractivity contribution in [2.24, 2.45) is 0 Å². The van der Waals surface area contributed by atoms with Crippen LogP contribution < -0.4 is 10.2 Å². The number of nitrogens with one attached hydrogen (secondary N) is 1. The Kier molecular flexibility index (Phi) is 5.84. The molecule has 0 spiro atoms. The first kappa shape index (κ1) is 19.8. The van der Waals surface area contributed by atoms with E-state index in [2.05, 4.69) is 5.32 Å². The standard InChI is InChI=1S/C24H24N2O4/c1-17(23(27)26-14-6-9-18-8-2-5-13-22(18)26)30-24(28)20-11-3-4-12-21(20)25-16-19-10-7-15-29-19/h2-5,7-8,10-13,15,17,25H,6,9,14,16H2,1H3. The third-order valence-corrected chi connectivity index (χ3v) is 5.19. The van der Waals surface area contributed by atoms with Crippen LogP contribution in [0.4, 0.5) is 11.4 Å². The van der Waals surface area contributed by atoms with Crippen molar-refractivity contribution in [2.45, 2.75) is 32.4 Å². The van der Waals surface area contributed by atoms with Gasteiger partial charge in [0.1, 0.15) is 5.76 Å². The molecule has 2 aromatic carbocycles. The van der Waals surface area contributed by atoms with Gasteiger partial charge in [-0.05, 0) is 55.7 Å². The van der Waals surface area contributed by atoms with Crippen LogP contribution in [0.1, 0.15) is 35.0 Å². The predicted molar refractivity (Wildman–Crippen MR) is 114 cm³/mol. The van der Waals surface area contributed by atoms with Crippen molar-refractivity contribution in [1.82, 2.24) is 0 Å². The minimum Gasteiger partial charge on any atom is -0.467 e. The van der Waals surface area contributed by atoms with E-state index >= 15 is 0 Å². The monoisotopic (exact) mass is 404 g/mol. The minimum atomic E-state index is -0.887. The minimum absolute atomic E-state index is 0.212. The lowest BCUT2D eigenvalue weighted by Crippen LogP contribution is -2.42. The molecule has 0 saturated heterocycles. The van der Waals surface area contributed by atoms with Crippen molar-refractivity contribution in [3.05, 3.63) is 83.8 Å². The van der Waals surface area contributed by atoms with E-state index in [-0.39, 0.29) is 5.91 Å². The highest BCUT2D eigenvalue weighted by atomic mass is 16.5. The van der Waals surface area contributed by atoms with E-state index in [0.29, 0.717) is 24.3 Å². The number of rotatable bonds is 6. The second-order valence-electron chi connectivity index (χ2n) is 7.25. The maximum atomic E-state index is 13.0. The van der Waals surface area contributed by atoms with Gasteiger partial charge in [0.25, 0.3) is 5.91 Å². The molecule has 0 fully saturated rings. The van der Waals surface area contributed by atoms with E-state index in [1.165, 1.54) is 0 Å². The average molecular weight is 404 g/mol. The number of hydrogen-bond donors (Lipinski definition) is 1. The van der Waals surface area contributed by atoms with Gasteiger partial charge in [-0.15, -0.1) is 0 Å². The molecule has 1 N–H and O–H groups in total. The summed E-state index contributed by atoms with van der Waals surface area (Å²) in [6, 6.07) is 18.6. The number of anilines is 2. The van der Waals surface area contributed by atoms with Crippen LogP contribution in [-0.2, 0) is 22.5 Å². The Hall–Kier alpha value is -3.54. The average Bonchev–Trinajstić information content (AvgIpc) is 3.30. The lowest BCUT2D eigenvalue weighted by Gasteiger charge is -2.31. The van der Waals surface area contributed by atoms with Crippen LogP contribution in [-0.4, -0.2) is 24.5 Å². The Bertz CT molecular complexity index is 1030. The molecule has 154 valence electrons. The lowest BCUT2D eigenvalue weighted by molar-refractivity contribution is -0.126. The van der Waals surface area contributed by atoms with Crippen LogP contribution in [0.25, 0.3) is 0 Å². The van der Waals surface area contributed by atoms with Crippen LogP contribution >= 0.6 is 0 Å². The Morgan fingerprint density at radius 3 is 2.73 bits per heavy atom. The van der Waals surface area contributed by atoms with Gasteiger partial charge in [-0.1, -0.05) is 30.3 Å². The Balaban J connectivity index is 1.45. The maximum absolute atomic E-state index is 13.0. The molecule has 1 unspecified atom stereocenters. The Morgan fingerprint density at radius 1 is 1.10 bits per heavy atom. The fraction of sp³-hybridized carbons (Fsp3) is 0.250. The Labute approximate surface area is 175 Å². The third kappa shape index (κ3) is 4.22. The molecule has 1 aliphatic heterocycles. The number of hydrogen-bond acceptors (Lipinski definition) is 5. The molecule has 30 heavy (non-hydrogen) atoms. The summed E-state index contributed by atoms with van der Waals surface area (Å²) in [5.41, 5.74) is 3.05.